The Morgan fingerprint density at radius 1 is 1.58 bits per heavy atom. The van der Waals surface area contributed by atoms with Crippen molar-refractivity contribution in [2.45, 2.75) is 38.6 Å². The molecule has 1 unspecified atom stereocenters. The van der Waals surface area contributed by atoms with Gasteiger partial charge in [0.05, 0.1) is 10.7 Å². The van der Waals surface area contributed by atoms with E-state index in [0.717, 1.165) is 6.42 Å². The molecule has 0 aliphatic heterocycles. The molecule has 0 radical (unpaired) electrons. The van der Waals surface area contributed by atoms with Crippen molar-refractivity contribution < 1.29 is 0 Å². The van der Waals surface area contributed by atoms with Gasteiger partial charge in [-0.25, -0.2) is 4.98 Å². The first kappa shape index (κ1) is 8.20. The molecular weight excluding hydrogens is 168 g/mol. The second-order valence-corrected chi connectivity index (χ2v) is 4.68. The fourth-order valence-corrected chi connectivity index (χ4v) is 2.91. The molecule has 1 aromatic rings. The van der Waals surface area contributed by atoms with Crippen molar-refractivity contribution in [3.63, 3.8) is 0 Å². The van der Waals surface area contributed by atoms with Gasteiger partial charge in [0.25, 0.3) is 0 Å². The van der Waals surface area contributed by atoms with Crippen LogP contribution in [-0.4, -0.2) is 11.0 Å². The Kier molecular flexibility index (Phi) is 2.15. The van der Waals surface area contributed by atoms with E-state index in [1.54, 1.807) is 0 Å². The molecule has 0 spiro atoms. The fraction of sp³-hybridized carbons (Fsp3) is 0.667. The van der Waals surface area contributed by atoms with Gasteiger partial charge in [-0.3, -0.25) is 0 Å². The van der Waals surface area contributed by atoms with Gasteiger partial charge in [-0.1, -0.05) is 0 Å². The number of aromatic nitrogens is 1. The minimum Gasteiger partial charge on any atom is -0.328 e. The molecule has 12 heavy (non-hydrogen) atoms. The van der Waals surface area contributed by atoms with E-state index in [4.69, 9.17) is 5.73 Å². The predicted octanol–water partition coefficient (Wildman–Crippen LogP) is 1.52. The minimum absolute atomic E-state index is 0.247. The normalized spacial score (nSPS) is 17.8. The molecule has 0 saturated heterocycles. The van der Waals surface area contributed by atoms with Crippen LogP contribution in [0.5, 0.6) is 0 Å². The molecule has 0 fully saturated rings. The Hall–Kier alpha value is -0.410. The van der Waals surface area contributed by atoms with Gasteiger partial charge in [0.2, 0.25) is 0 Å². The summed E-state index contributed by atoms with van der Waals surface area (Å²) in [5.41, 5.74) is 7.05. The van der Waals surface area contributed by atoms with E-state index < -0.39 is 0 Å². The monoisotopic (exact) mass is 182 g/mol. The van der Waals surface area contributed by atoms with Gasteiger partial charge < -0.3 is 5.73 Å². The van der Waals surface area contributed by atoms with Crippen LogP contribution < -0.4 is 5.73 Å². The number of nitrogens with zero attached hydrogens (tertiary/aromatic N) is 1. The Morgan fingerprint density at radius 3 is 3.08 bits per heavy atom. The zero-order valence-electron chi connectivity index (χ0n) is 7.34. The van der Waals surface area contributed by atoms with Gasteiger partial charge >= 0.3 is 0 Å². The largest absolute Gasteiger partial charge is 0.328 e. The topological polar surface area (TPSA) is 38.9 Å². The second-order valence-electron chi connectivity index (χ2n) is 3.51. The van der Waals surface area contributed by atoms with Crippen molar-refractivity contribution in [1.82, 2.24) is 4.98 Å². The summed E-state index contributed by atoms with van der Waals surface area (Å²) in [6.45, 7) is 2.03. The van der Waals surface area contributed by atoms with Crippen molar-refractivity contribution in [2.24, 2.45) is 5.73 Å². The molecule has 2 rings (SSSR count). The molecule has 2 nitrogen and oxygen atoms in total. The predicted molar refractivity (Wildman–Crippen MR) is 51.5 cm³/mol. The molecule has 3 heteroatoms. The zero-order valence-corrected chi connectivity index (χ0v) is 8.16. The Labute approximate surface area is 76.8 Å². The summed E-state index contributed by atoms with van der Waals surface area (Å²) in [6.07, 6.45) is 4.67. The van der Waals surface area contributed by atoms with E-state index in [1.165, 1.54) is 34.8 Å². The van der Waals surface area contributed by atoms with Gasteiger partial charge in [-0.05, 0) is 26.2 Å². The number of rotatable bonds is 2. The Bertz CT molecular complexity index is 257. The highest BCUT2D eigenvalue weighted by Gasteiger charge is 2.16. The van der Waals surface area contributed by atoms with Gasteiger partial charge in [0.1, 0.15) is 0 Å². The van der Waals surface area contributed by atoms with Crippen LogP contribution in [0.1, 0.15) is 28.9 Å². The summed E-state index contributed by atoms with van der Waals surface area (Å²) in [5, 5.41) is 1.23. The SMILES string of the molecule is CC(N)Cc1nc2c(s1)CCC2. The molecule has 0 aromatic carbocycles. The molecule has 2 N–H and O–H groups in total. The summed E-state index contributed by atoms with van der Waals surface area (Å²) in [6, 6.07) is 0.247. The third-order valence-electron chi connectivity index (χ3n) is 2.14. The lowest BCUT2D eigenvalue weighted by molar-refractivity contribution is 0.730. The minimum atomic E-state index is 0.247. The standard InChI is InChI=1S/C9H14N2S/c1-6(10)5-9-11-7-3-2-4-8(7)12-9/h6H,2-5,10H2,1H3. The van der Waals surface area contributed by atoms with Gasteiger partial charge in [0, 0.05) is 17.3 Å². The van der Waals surface area contributed by atoms with E-state index >= 15 is 0 Å². The van der Waals surface area contributed by atoms with Gasteiger partial charge in [-0.15, -0.1) is 11.3 Å². The molecule has 0 amide bonds. The Morgan fingerprint density at radius 2 is 2.42 bits per heavy atom. The number of fused-ring (bicyclic) bond motifs is 1. The number of hydrogen-bond acceptors (Lipinski definition) is 3. The second kappa shape index (κ2) is 3.15. The highest BCUT2D eigenvalue weighted by atomic mass is 32.1. The molecular formula is C9H14N2S. The summed E-state index contributed by atoms with van der Waals surface area (Å²) < 4.78 is 0. The van der Waals surface area contributed by atoms with Crippen LogP contribution in [0.15, 0.2) is 0 Å². The quantitative estimate of drug-likeness (QED) is 0.753. The van der Waals surface area contributed by atoms with Crippen LogP contribution in [0.25, 0.3) is 0 Å². The molecule has 1 aliphatic carbocycles. The van der Waals surface area contributed by atoms with Crippen LogP contribution in [0.3, 0.4) is 0 Å². The van der Waals surface area contributed by atoms with Crippen molar-refractivity contribution in [3.8, 4) is 0 Å². The third kappa shape index (κ3) is 1.52. The van der Waals surface area contributed by atoms with Crippen LogP contribution in [0.2, 0.25) is 0 Å². The average Bonchev–Trinajstić information content (AvgIpc) is 2.43. The lowest BCUT2D eigenvalue weighted by Gasteiger charge is -1.99. The van der Waals surface area contributed by atoms with Crippen LogP contribution in [0.4, 0.5) is 0 Å². The third-order valence-corrected chi connectivity index (χ3v) is 3.32. The maximum Gasteiger partial charge on any atom is 0.0946 e. The highest BCUT2D eigenvalue weighted by Crippen LogP contribution is 2.27. The van der Waals surface area contributed by atoms with Crippen molar-refractivity contribution in [2.75, 3.05) is 0 Å². The molecule has 1 atom stereocenters. The Balaban J connectivity index is 2.15. The van der Waals surface area contributed by atoms with E-state index in [9.17, 15) is 0 Å². The lowest BCUT2D eigenvalue weighted by Crippen LogP contribution is -2.17. The fourth-order valence-electron chi connectivity index (χ4n) is 1.61. The van der Waals surface area contributed by atoms with Crippen molar-refractivity contribution >= 4 is 11.3 Å². The summed E-state index contributed by atoms with van der Waals surface area (Å²) >= 11 is 1.86. The zero-order chi connectivity index (χ0) is 8.55. The van der Waals surface area contributed by atoms with E-state index in [1.807, 2.05) is 18.3 Å². The maximum atomic E-state index is 5.71. The molecule has 1 aromatic heterocycles. The molecule has 1 heterocycles. The summed E-state index contributed by atoms with van der Waals surface area (Å²) in [5.74, 6) is 0. The molecule has 0 saturated carbocycles. The van der Waals surface area contributed by atoms with Gasteiger partial charge in [0.15, 0.2) is 0 Å². The lowest BCUT2D eigenvalue weighted by atomic mass is 10.3. The smallest absolute Gasteiger partial charge is 0.0946 e. The number of thiazole rings is 1. The van der Waals surface area contributed by atoms with Crippen molar-refractivity contribution in [1.29, 1.82) is 0 Å². The van der Waals surface area contributed by atoms with Crippen LogP contribution in [0, 0.1) is 0 Å². The first-order chi connectivity index (χ1) is 5.75. The van der Waals surface area contributed by atoms with Crippen LogP contribution >= 0.6 is 11.3 Å². The first-order valence-electron chi connectivity index (χ1n) is 4.49. The molecule has 0 bridgehead atoms. The average molecular weight is 182 g/mol. The van der Waals surface area contributed by atoms with E-state index in [2.05, 4.69) is 4.98 Å². The number of hydrogen-bond donors (Lipinski definition) is 1. The maximum absolute atomic E-state index is 5.71. The molecule has 1 aliphatic rings. The number of nitrogens with two attached hydrogens (primary N) is 1. The first-order valence-corrected chi connectivity index (χ1v) is 5.30. The summed E-state index contributed by atoms with van der Waals surface area (Å²) in [7, 11) is 0. The van der Waals surface area contributed by atoms with Crippen molar-refractivity contribution in [3.05, 3.63) is 15.6 Å². The molecule has 66 valence electrons. The van der Waals surface area contributed by atoms with Gasteiger partial charge in [-0.2, -0.15) is 0 Å². The highest BCUT2D eigenvalue weighted by molar-refractivity contribution is 7.11. The van der Waals surface area contributed by atoms with E-state index in [0.29, 0.717) is 0 Å². The number of aryl methyl sites for hydroxylation is 2. The van der Waals surface area contributed by atoms with Crippen LogP contribution in [-0.2, 0) is 19.3 Å². The van der Waals surface area contributed by atoms with E-state index in [-0.39, 0.29) is 6.04 Å². The summed E-state index contributed by atoms with van der Waals surface area (Å²) in [4.78, 5) is 6.07.